The van der Waals surface area contributed by atoms with Gasteiger partial charge in [-0.15, -0.1) is 11.3 Å². The molecule has 1 aromatic heterocycles. The zero-order valence-electron chi connectivity index (χ0n) is 11.1. The second kappa shape index (κ2) is 6.08. The highest BCUT2D eigenvalue weighted by molar-refractivity contribution is 7.09. The molecule has 0 fully saturated rings. The highest BCUT2D eigenvalue weighted by atomic mass is 32.1. The van der Waals surface area contributed by atoms with Gasteiger partial charge in [-0.05, 0) is 37.8 Å². The highest BCUT2D eigenvalue weighted by Gasteiger charge is 2.14. The van der Waals surface area contributed by atoms with E-state index in [2.05, 4.69) is 29.8 Å². The fourth-order valence-electron chi connectivity index (χ4n) is 2.20. The Kier molecular flexibility index (Phi) is 4.45. The van der Waals surface area contributed by atoms with Crippen LogP contribution in [0.5, 0.6) is 11.5 Å². The van der Waals surface area contributed by atoms with Gasteiger partial charge in [0.25, 0.3) is 0 Å². The molecule has 19 heavy (non-hydrogen) atoms. The van der Waals surface area contributed by atoms with E-state index in [0.29, 0.717) is 6.04 Å². The second-order valence-electron chi connectivity index (χ2n) is 4.82. The molecule has 3 nitrogen and oxygen atoms in total. The highest BCUT2D eigenvalue weighted by Crippen LogP contribution is 2.28. The Morgan fingerprint density at radius 3 is 2.63 bits per heavy atom. The molecule has 0 radical (unpaired) electrons. The van der Waals surface area contributed by atoms with Crippen LogP contribution in [0.25, 0.3) is 0 Å². The maximum absolute atomic E-state index is 9.83. The summed E-state index contributed by atoms with van der Waals surface area (Å²) < 4.78 is 0. The van der Waals surface area contributed by atoms with E-state index in [1.807, 2.05) is 6.92 Å². The van der Waals surface area contributed by atoms with Crippen molar-refractivity contribution >= 4 is 11.3 Å². The lowest BCUT2D eigenvalue weighted by atomic mass is 10.1. The Morgan fingerprint density at radius 2 is 2.00 bits per heavy atom. The van der Waals surface area contributed by atoms with Crippen LogP contribution < -0.4 is 5.32 Å². The predicted molar refractivity (Wildman–Crippen MR) is 78.8 cm³/mol. The number of phenols is 2. The molecular formula is C15H19NO2S. The molecule has 0 spiro atoms. The maximum Gasteiger partial charge on any atom is 0.124 e. The Bertz CT molecular complexity index is 525. The van der Waals surface area contributed by atoms with E-state index in [4.69, 9.17) is 0 Å². The molecule has 0 amide bonds. The summed E-state index contributed by atoms with van der Waals surface area (Å²) >= 11 is 1.76. The lowest BCUT2D eigenvalue weighted by molar-refractivity contribution is 0.424. The lowest BCUT2D eigenvalue weighted by Crippen LogP contribution is -2.30. The number of hydrogen-bond acceptors (Lipinski definition) is 4. The molecule has 0 aliphatic carbocycles. The Balaban J connectivity index is 1.98. The van der Waals surface area contributed by atoms with Crippen LogP contribution in [0.15, 0.2) is 35.7 Å². The molecule has 1 heterocycles. The van der Waals surface area contributed by atoms with Crippen molar-refractivity contribution in [1.29, 1.82) is 0 Å². The first-order valence-corrected chi connectivity index (χ1v) is 7.24. The summed E-state index contributed by atoms with van der Waals surface area (Å²) in [7, 11) is 0. The van der Waals surface area contributed by atoms with Gasteiger partial charge in [-0.25, -0.2) is 0 Å². The Morgan fingerprint density at radius 1 is 1.21 bits per heavy atom. The van der Waals surface area contributed by atoms with Gasteiger partial charge in [0.1, 0.15) is 11.5 Å². The molecule has 2 aromatic rings. The van der Waals surface area contributed by atoms with Crippen LogP contribution in [-0.4, -0.2) is 16.3 Å². The van der Waals surface area contributed by atoms with Gasteiger partial charge in [0.15, 0.2) is 0 Å². The van der Waals surface area contributed by atoms with Crippen LogP contribution in [0.2, 0.25) is 0 Å². The van der Waals surface area contributed by atoms with E-state index in [9.17, 15) is 10.2 Å². The number of aromatic hydroxyl groups is 2. The molecule has 2 rings (SSSR count). The average molecular weight is 277 g/mol. The van der Waals surface area contributed by atoms with Gasteiger partial charge in [0.2, 0.25) is 0 Å². The monoisotopic (exact) mass is 277 g/mol. The van der Waals surface area contributed by atoms with E-state index >= 15 is 0 Å². The van der Waals surface area contributed by atoms with Gasteiger partial charge < -0.3 is 15.5 Å². The molecule has 4 heteroatoms. The number of nitrogens with one attached hydrogen (secondary N) is 1. The first-order valence-electron chi connectivity index (χ1n) is 6.36. The summed E-state index contributed by atoms with van der Waals surface area (Å²) in [5.74, 6) is 0.211. The van der Waals surface area contributed by atoms with Gasteiger partial charge in [-0.3, -0.25) is 0 Å². The molecule has 102 valence electrons. The molecule has 0 bridgehead atoms. The second-order valence-corrected chi connectivity index (χ2v) is 5.85. The van der Waals surface area contributed by atoms with Crippen molar-refractivity contribution in [3.8, 4) is 11.5 Å². The van der Waals surface area contributed by atoms with Crippen LogP contribution in [0.1, 0.15) is 30.3 Å². The van der Waals surface area contributed by atoms with Crippen molar-refractivity contribution in [2.75, 3.05) is 0 Å². The molecule has 0 saturated carbocycles. The fraction of sp³-hybridized carbons (Fsp3) is 0.333. The molecule has 2 unspecified atom stereocenters. The van der Waals surface area contributed by atoms with Crippen molar-refractivity contribution in [3.63, 3.8) is 0 Å². The smallest absolute Gasteiger partial charge is 0.124 e. The average Bonchev–Trinajstić information content (AvgIpc) is 2.81. The van der Waals surface area contributed by atoms with Crippen LogP contribution >= 0.6 is 11.3 Å². The number of rotatable bonds is 5. The van der Waals surface area contributed by atoms with Gasteiger partial charge in [0, 0.05) is 28.6 Å². The van der Waals surface area contributed by atoms with E-state index in [1.54, 1.807) is 23.5 Å². The van der Waals surface area contributed by atoms with Crippen molar-refractivity contribution < 1.29 is 10.2 Å². The zero-order valence-corrected chi connectivity index (χ0v) is 11.9. The third-order valence-electron chi connectivity index (χ3n) is 3.10. The van der Waals surface area contributed by atoms with E-state index < -0.39 is 0 Å². The van der Waals surface area contributed by atoms with Crippen molar-refractivity contribution in [3.05, 3.63) is 46.2 Å². The normalized spacial score (nSPS) is 14.2. The van der Waals surface area contributed by atoms with Gasteiger partial charge >= 0.3 is 0 Å². The number of hydrogen-bond donors (Lipinski definition) is 3. The summed E-state index contributed by atoms with van der Waals surface area (Å²) in [5, 5.41) is 24.7. The third kappa shape index (κ3) is 3.72. The van der Waals surface area contributed by atoms with E-state index in [-0.39, 0.29) is 17.5 Å². The third-order valence-corrected chi connectivity index (χ3v) is 4.00. The molecule has 1 aromatic carbocycles. The summed E-state index contributed by atoms with van der Waals surface area (Å²) in [6.07, 6.45) is 0.973. The molecule has 0 aliphatic heterocycles. The SMILES string of the molecule is CC(Cc1cccs1)NC(C)c1ccc(O)cc1O. The molecule has 2 atom stereocenters. The van der Waals surface area contributed by atoms with Gasteiger partial charge in [-0.2, -0.15) is 0 Å². The first kappa shape index (κ1) is 13.9. The van der Waals surface area contributed by atoms with Crippen LogP contribution in [0.4, 0.5) is 0 Å². The number of phenolic OH excluding ortho intramolecular Hbond substituents is 2. The zero-order chi connectivity index (χ0) is 13.8. The summed E-state index contributed by atoms with van der Waals surface area (Å²) in [5.41, 5.74) is 0.802. The van der Waals surface area contributed by atoms with Crippen molar-refractivity contribution in [2.45, 2.75) is 32.4 Å². The van der Waals surface area contributed by atoms with Crippen LogP contribution in [0, 0.1) is 0 Å². The number of benzene rings is 1. The fourth-order valence-corrected chi connectivity index (χ4v) is 3.04. The Labute approximate surface area is 117 Å². The van der Waals surface area contributed by atoms with E-state index in [0.717, 1.165) is 12.0 Å². The molecular weight excluding hydrogens is 258 g/mol. The predicted octanol–water partition coefficient (Wildman–Crippen LogP) is 3.44. The standard InChI is InChI=1S/C15H19NO2S/c1-10(8-13-4-3-7-19-13)16-11(2)14-6-5-12(17)9-15(14)18/h3-7,9-11,16-18H,8H2,1-2H3. The summed E-state index contributed by atoms with van der Waals surface area (Å²) in [6, 6.07) is 9.26. The minimum absolute atomic E-state index is 0.0376. The molecule has 3 N–H and O–H groups in total. The first-order chi connectivity index (χ1) is 9.06. The minimum Gasteiger partial charge on any atom is -0.508 e. The van der Waals surface area contributed by atoms with Crippen LogP contribution in [-0.2, 0) is 6.42 Å². The maximum atomic E-state index is 9.83. The minimum atomic E-state index is 0.0376. The largest absolute Gasteiger partial charge is 0.508 e. The topological polar surface area (TPSA) is 52.5 Å². The lowest BCUT2D eigenvalue weighted by Gasteiger charge is -2.20. The Hall–Kier alpha value is -1.52. The van der Waals surface area contributed by atoms with Crippen molar-refractivity contribution in [2.24, 2.45) is 0 Å². The molecule has 0 saturated heterocycles. The summed E-state index contributed by atoms with van der Waals surface area (Å²) in [6.45, 7) is 4.14. The molecule has 0 aliphatic rings. The number of thiophene rings is 1. The van der Waals surface area contributed by atoms with Gasteiger partial charge in [0.05, 0.1) is 0 Å². The summed E-state index contributed by atoms with van der Waals surface area (Å²) in [4.78, 5) is 1.35. The van der Waals surface area contributed by atoms with Gasteiger partial charge in [-0.1, -0.05) is 12.1 Å². The quantitative estimate of drug-likeness (QED) is 0.784. The van der Waals surface area contributed by atoms with E-state index in [1.165, 1.54) is 10.9 Å². The van der Waals surface area contributed by atoms with Crippen molar-refractivity contribution in [1.82, 2.24) is 5.32 Å². The van der Waals surface area contributed by atoms with Crippen LogP contribution in [0.3, 0.4) is 0 Å².